The molecule has 4 heteroatoms. The van der Waals surface area contributed by atoms with E-state index in [1.54, 1.807) is 0 Å². The average molecular weight is 249 g/mol. The van der Waals surface area contributed by atoms with Crippen molar-refractivity contribution in [3.8, 4) is 11.5 Å². The van der Waals surface area contributed by atoms with E-state index in [1.807, 2.05) is 0 Å². The minimum absolute atomic E-state index is 0.204. The molecule has 1 aromatic rings. The van der Waals surface area contributed by atoms with E-state index in [2.05, 4.69) is 12.2 Å². The molecule has 1 aromatic carbocycles. The van der Waals surface area contributed by atoms with Gasteiger partial charge < -0.3 is 15.5 Å². The molecule has 0 spiro atoms. The number of phenolic OH excluding ortho intramolecular Hbond substituents is 2. The number of nitrogens with one attached hydrogen (secondary N) is 1. The Labute approximate surface area is 107 Å². The van der Waals surface area contributed by atoms with Crippen LogP contribution in [-0.4, -0.2) is 22.7 Å². The number of carbonyl (C=O) groups excluding carboxylic acids is 1. The quantitative estimate of drug-likeness (QED) is 0.718. The summed E-state index contributed by atoms with van der Waals surface area (Å²) in [5.74, 6) is -0.683. The van der Waals surface area contributed by atoms with Crippen LogP contribution in [0.5, 0.6) is 11.5 Å². The van der Waals surface area contributed by atoms with Crippen LogP contribution in [0.2, 0.25) is 0 Å². The number of phenols is 2. The molecule has 0 heterocycles. The van der Waals surface area contributed by atoms with E-state index >= 15 is 0 Å². The summed E-state index contributed by atoms with van der Waals surface area (Å²) in [4.78, 5) is 11.9. The second-order valence-corrected chi connectivity index (χ2v) is 5.09. The van der Waals surface area contributed by atoms with Gasteiger partial charge in [-0.25, -0.2) is 0 Å². The van der Waals surface area contributed by atoms with E-state index in [0.717, 1.165) is 6.42 Å². The number of aromatic hydroxyl groups is 2. The van der Waals surface area contributed by atoms with Gasteiger partial charge in [0.2, 0.25) is 0 Å². The first-order valence-corrected chi connectivity index (χ1v) is 6.36. The highest BCUT2D eigenvalue weighted by molar-refractivity contribution is 5.94. The van der Waals surface area contributed by atoms with E-state index in [9.17, 15) is 15.0 Å². The molecule has 4 nitrogen and oxygen atoms in total. The maximum Gasteiger partial charge on any atom is 0.251 e. The van der Waals surface area contributed by atoms with Crippen molar-refractivity contribution in [2.45, 2.75) is 32.6 Å². The van der Waals surface area contributed by atoms with Crippen molar-refractivity contribution in [3.63, 3.8) is 0 Å². The molecule has 1 fully saturated rings. The lowest BCUT2D eigenvalue weighted by molar-refractivity contribution is 0.0849. The van der Waals surface area contributed by atoms with Gasteiger partial charge >= 0.3 is 0 Å². The van der Waals surface area contributed by atoms with Crippen molar-refractivity contribution in [2.24, 2.45) is 5.41 Å². The largest absolute Gasteiger partial charge is 0.504 e. The van der Waals surface area contributed by atoms with Crippen LogP contribution in [0.25, 0.3) is 0 Å². The standard InChI is InChI=1S/C14H19NO3/c1-2-14(6-3-7-14)9-15-13(18)10-4-5-11(16)12(17)8-10/h4-5,8,16-17H,2-3,6-7,9H2,1H3,(H,15,18). The molecule has 0 saturated heterocycles. The van der Waals surface area contributed by atoms with Gasteiger partial charge in [0, 0.05) is 12.1 Å². The molecule has 0 bridgehead atoms. The van der Waals surface area contributed by atoms with Crippen LogP contribution in [0, 0.1) is 5.41 Å². The van der Waals surface area contributed by atoms with Gasteiger partial charge in [0.15, 0.2) is 11.5 Å². The number of hydrogen-bond donors (Lipinski definition) is 3. The summed E-state index contributed by atoms with van der Waals surface area (Å²) < 4.78 is 0. The van der Waals surface area contributed by atoms with Gasteiger partial charge in [-0.15, -0.1) is 0 Å². The molecule has 3 N–H and O–H groups in total. The fourth-order valence-electron chi connectivity index (χ4n) is 2.37. The fraction of sp³-hybridized carbons (Fsp3) is 0.500. The van der Waals surface area contributed by atoms with Crippen molar-refractivity contribution in [1.82, 2.24) is 5.32 Å². The Balaban J connectivity index is 1.97. The molecule has 0 atom stereocenters. The first kappa shape index (κ1) is 12.7. The van der Waals surface area contributed by atoms with Gasteiger partial charge in [0.1, 0.15) is 0 Å². The first-order chi connectivity index (χ1) is 8.56. The van der Waals surface area contributed by atoms with Crippen LogP contribution in [0.3, 0.4) is 0 Å². The Morgan fingerprint density at radius 1 is 1.33 bits per heavy atom. The topological polar surface area (TPSA) is 69.6 Å². The van der Waals surface area contributed by atoms with E-state index < -0.39 is 0 Å². The van der Waals surface area contributed by atoms with Crippen LogP contribution < -0.4 is 5.32 Å². The minimum Gasteiger partial charge on any atom is -0.504 e. The molecule has 1 aliphatic carbocycles. The normalized spacial score (nSPS) is 16.9. The molecular weight excluding hydrogens is 230 g/mol. The number of rotatable bonds is 4. The Hall–Kier alpha value is -1.71. The highest BCUT2D eigenvalue weighted by Crippen LogP contribution is 2.43. The number of amides is 1. The highest BCUT2D eigenvalue weighted by atomic mass is 16.3. The van der Waals surface area contributed by atoms with Crippen molar-refractivity contribution < 1.29 is 15.0 Å². The van der Waals surface area contributed by atoms with Gasteiger partial charge in [-0.2, -0.15) is 0 Å². The van der Waals surface area contributed by atoms with Gasteiger partial charge in [-0.3, -0.25) is 4.79 Å². The molecule has 18 heavy (non-hydrogen) atoms. The zero-order chi connectivity index (χ0) is 13.2. The Kier molecular flexibility index (Phi) is 3.45. The number of benzene rings is 1. The van der Waals surface area contributed by atoms with E-state index in [1.165, 1.54) is 37.5 Å². The Morgan fingerprint density at radius 2 is 2.06 bits per heavy atom. The number of hydrogen-bond acceptors (Lipinski definition) is 3. The monoisotopic (exact) mass is 249 g/mol. The zero-order valence-corrected chi connectivity index (χ0v) is 10.6. The van der Waals surface area contributed by atoms with E-state index in [4.69, 9.17) is 0 Å². The molecule has 1 aliphatic rings. The van der Waals surface area contributed by atoms with Crippen molar-refractivity contribution >= 4 is 5.91 Å². The Bertz CT molecular complexity index is 447. The van der Waals surface area contributed by atoms with Gasteiger partial charge in [0.05, 0.1) is 0 Å². The molecule has 2 rings (SSSR count). The van der Waals surface area contributed by atoms with Crippen molar-refractivity contribution in [2.75, 3.05) is 6.54 Å². The molecule has 1 amide bonds. The molecule has 1 saturated carbocycles. The molecule has 0 radical (unpaired) electrons. The van der Waals surface area contributed by atoms with Gasteiger partial charge in [-0.05, 0) is 42.9 Å². The predicted molar refractivity (Wildman–Crippen MR) is 68.7 cm³/mol. The maximum atomic E-state index is 11.9. The van der Waals surface area contributed by atoms with E-state index in [-0.39, 0.29) is 22.8 Å². The predicted octanol–water partition coefficient (Wildman–Crippen LogP) is 2.41. The smallest absolute Gasteiger partial charge is 0.251 e. The van der Waals surface area contributed by atoms with Crippen LogP contribution >= 0.6 is 0 Å². The minimum atomic E-state index is -0.267. The maximum absolute atomic E-state index is 11.9. The fourth-order valence-corrected chi connectivity index (χ4v) is 2.37. The summed E-state index contributed by atoms with van der Waals surface area (Å²) in [6.45, 7) is 2.83. The summed E-state index contributed by atoms with van der Waals surface area (Å²) in [6.07, 6.45) is 4.66. The summed E-state index contributed by atoms with van der Waals surface area (Å²) in [6, 6.07) is 4.11. The van der Waals surface area contributed by atoms with Crippen LogP contribution in [0.1, 0.15) is 43.0 Å². The summed E-state index contributed by atoms with van der Waals surface area (Å²) in [5, 5.41) is 21.4. The summed E-state index contributed by atoms with van der Waals surface area (Å²) >= 11 is 0. The SMILES string of the molecule is CCC1(CNC(=O)c2ccc(O)c(O)c2)CCC1. The molecule has 0 unspecified atom stereocenters. The summed E-state index contributed by atoms with van der Waals surface area (Å²) in [7, 11) is 0. The lowest BCUT2D eigenvalue weighted by atomic mass is 9.67. The lowest BCUT2D eigenvalue weighted by Crippen LogP contribution is -2.41. The summed E-state index contributed by atoms with van der Waals surface area (Å²) in [5.41, 5.74) is 0.644. The van der Waals surface area contributed by atoms with E-state index in [0.29, 0.717) is 12.1 Å². The number of carbonyl (C=O) groups is 1. The molecular formula is C14H19NO3. The second-order valence-electron chi connectivity index (χ2n) is 5.09. The van der Waals surface area contributed by atoms with Gasteiger partial charge in [0.25, 0.3) is 5.91 Å². The van der Waals surface area contributed by atoms with Crippen LogP contribution in [0.15, 0.2) is 18.2 Å². The van der Waals surface area contributed by atoms with Crippen LogP contribution in [0.4, 0.5) is 0 Å². The third kappa shape index (κ3) is 2.42. The zero-order valence-electron chi connectivity index (χ0n) is 10.6. The third-order valence-electron chi connectivity index (χ3n) is 4.03. The highest BCUT2D eigenvalue weighted by Gasteiger charge is 2.35. The second kappa shape index (κ2) is 4.88. The Morgan fingerprint density at radius 3 is 2.56 bits per heavy atom. The van der Waals surface area contributed by atoms with Crippen LogP contribution in [-0.2, 0) is 0 Å². The molecule has 98 valence electrons. The third-order valence-corrected chi connectivity index (χ3v) is 4.03. The average Bonchev–Trinajstić information content (AvgIpc) is 2.31. The van der Waals surface area contributed by atoms with Gasteiger partial charge in [-0.1, -0.05) is 13.3 Å². The first-order valence-electron chi connectivity index (χ1n) is 6.36. The van der Waals surface area contributed by atoms with Crippen molar-refractivity contribution in [3.05, 3.63) is 23.8 Å². The molecule has 0 aliphatic heterocycles. The molecule has 0 aromatic heterocycles. The van der Waals surface area contributed by atoms with Crippen molar-refractivity contribution in [1.29, 1.82) is 0 Å². The lowest BCUT2D eigenvalue weighted by Gasteiger charge is -2.41.